The van der Waals surface area contributed by atoms with Gasteiger partial charge in [-0.15, -0.1) is 0 Å². The van der Waals surface area contributed by atoms with Crippen LogP contribution in [-0.4, -0.2) is 9.97 Å². The molecule has 1 heterocycles. The molecule has 0 aliphatic heterocycles. The number of rotatable bonds is 4. The first kappa shape index (κ1) is 15.0. The third-order valence-corrected chi connectivity index (χ3v) is 3.58. The van der Waals surface area contributed by atoms with Crippen LogP contribution in [-0.2, 0) is 6.42 Å². The van der Waals surface area contributed by atoms with Gasteiger partial charge in [-0.1, -0.05) is 13.0 Å². The minimum Gasteiger partial charge on any atom is -0.439 e. The molecule has 0 radical (unpaired) electrons. The van der Waals surface area contributed by atoms with Gasteiger partial charge in [0.1, 0.15) is 16.2 Å². The number of halogens is 1. The molecule has 1 aromatic carbocycles. The average molecular weight is 335 g/mol. The second-order valence-electron chi connectivity index (χ2n) is 5.00. The predicted octanol–water partition coefficient (Wildman–Crippen LogP) is 4.91. The second-order valence-corrected chi connectivity index (χ2v) is 5.81. The van der Waals surface area contributed by atoms with E-state index < -0.39 is 0 Å². The summed E-state index contributed by atoms with van der Waals surface area (Å²) in [5.74, 6) is 2.25. The molecule has 0 N–H and O–H groups in total. The summed E-state index contributed by atoms with van der Waals surface area (Å²) in [4.78, 5) is 8.80. The van der Waals surface area contributed by atoms with Crippen LogP contribution >= 0.6 is 15.9 Å². The molecule has 0 bridgehead atoms. The summed E-state index contributed by atoms with van der Waals surface area (Å²) in [7, 11) is 0. The molecule has 3 nitrogen and oxygen atoms in total. The molecular formula is C16H19BrN2O. The van der Waals surface area contributed by atoms with Crippen molar-refractivity contribution in [2.24, 2.45) is 0 Å². The van der Waals surface area contributed by atoms with Crippen LogP contribution in [0.1, 0.15) is 35.9 Å². The molecule has 106 valence electrons. The van der Waals surface area contributed by atoms with E-state index in [-0.39, 0.29) is 0 Å². The molecule has 1 aromatic heterocycles. The first-order chi connectivity index (χ1) is 9.49. The number of benzene rings is 1. The Balaban J connectivity index is 2.34. The van der Waals surface area contributed by atoms with Gasteiger partial charge < -0.3 is 4.74 Å². The minimum absolute atomic E-state index is 0.587. The molecule has 20 heavy (non-hydrogen) atoms. The quantitative estimate of drug-likeness (QED) is 0.745. The Morgan fingerprint density at radius 2 is 1.85 bits per heavy atom. The standard InChI is InChI=1S/C16H19BrN2O/c1-5-6-15-18-14(17)9-16(19-15)20-13-8-10(2)7-11(3)12(13)4/h7-9H,5-6H2,1-4H3. The molecular weight excluding hydrogens is 316 g/mol. The third kappa shape index (κ3) is 3.57. The lowest BCUT2D eigenvalue weighted by Crippen LogP contribution is -1.99. The highest BCUT2D eigenvalue weighted by Crippen LogP contribution is 2.28. The number of hydrogen-bond donors (Lipinski definition) is 0. The SMILES string of the molecule is CCCc1nc(Br)cc(Oc2cc(C)cc(C)c2C)n1. The Kier molecular flexibility index (Phi) is 4.76. The zero-order valence-corrected chi connectivity index (χ0v) is 13.9. The predicted molar refractivity (Wildman–Crippen MR) is 84.5 cm³/mol. The number of aromatic nitrogens is 2. The van der Waals surface area contributed by atoms with Gasteiger partial charge in [0.15, 0.2) is 0 Å². The largest absolute Gasteiger partial charge is 0.439 e. The van der Waals surface area contributed by atoms with E-state index in [0.29, 0.717) is 5.88 Å². The van der Waals surface area contributed by atoms with Gasteiger partial charge >= 0.3 is 0 Å². The van der Waals surface area contributed by atoms with E-state index in [1.165, 1.54) is 11.1 Å². The van der Waals surface area contributed by atoms with Gasteiger partial charge in [-0.2, -0.15) is 4.98 Å². The Bertz CT molecular complexity index is 626. The van der Waals surface area contributed by atoms with E-state index in [2.05, 4.69) is 59.7 Å². The number of nitrogens with zero attached hydrogens (tertiary/aromatic N) is 2. The lowest BCUT2D eigenvalue weighted by Gasteiger charge is -2.12. The van der Waals surface area contributed by atoms with E-state index in [0.717, 1.165) is 34.6 Å². The first-order valence-corrected chi connectivity index (χ1v) is 7.58. The fraction of sp³-hybridized carbons (Fsp3) is 0.375. The monoisotopic (exact) mass is 334 g/mol. The van der Waals surface area contributed by atoms with Crippen molar-refractivity contribution < 1.29 is 4.74 Å². The maximum atomic E-state index is 5.96. The van der Waals surface area contributed by atoms with Crippen molar-refractivity contribution >= 4 is 15.9 Å². The van der Waals surface area contributed by atoms with Crippen molar-refractivity contribution in [3.05, 3.63) is 45.3 Å². The highest BCUT2D eigenvalue weighted by atomic mass is 79.9. The van der Waals surface area contributed by atoms with Crippen LogP contribution in [0.3, 0.4) is 0 Å². The van der Waals surface area contributed by atoms with Crippen LogP contribution in [0.2, 0.25) is 0 Å². The van der Waals surface area contributed by atoms with Crippen molar-refractivity contribution in [1.82, 2.24) is 9.97 Å². The highest BCUT2D eigenvalue weighted by Gasteiger charge is 2.08. The van der Waals surface area contributed by atoms with Crippen molar-refractivity contribution in [3.8, 4) is 11.6 Å². The molecule has 0 spiro atoms. The summed E-state index contributed by atoms with van der Waals surface area (Å²) < 4.78 is 6.71. The Morgan fingerprint density at radius 1 is 1.10 bits per heavy atom. The Morgan fingerprint density at radius 3 is 2.55 bits per heavy atom. The topological polar surface area (TPSA) is 35.0 Å². The van der Waals surface area contributed by atoms with E-state index in [1.807, 2.05) is 6.07 Å². The third-order valence-electron chi connectivity index (χ3n) is 3.17. The molecule has 0 unspecified atom stereocenters. The fourth-order valence-corrected chi connectivity index (χ4v) is 2.45. The molecule has 0 amide bonds. The fourth-order valence-electron chi connectivity index (χ4n) is 2.05. The lowest BCUT2D eigenvalue weighted by molar-refractivity contribution is 0.453. The van der Waals surface area contributed by atoms with Gasteiger partial charge in [0.25, 0.3) is 0 Å². The van der Waals surface area contributed by atoms with Gasteiger partial charge in [0.2, 0.25) is 5.88 Å². The molecule has 0 saturated carbocycles. The maximum Gasteiger partial charge on any atom is 0.223 e. The van der Waals surface area contributed by atoms with Gasteiger partial charge in [0, 0.05) is 12.5 Å². The maximum absolute atomic E-state index is 5.96. The minimum atomic E-state index is 0.587. The first-order valence-electron chi connectivity index (χ1n) is 6.78. The molecule has 0 atom stereocenters. The normalized spacial score (nSPS) is 10.7. The van der Waals surface area contributed by atoms with Crippen LogP contribution in [0.4, 0.5) is 0 Å². The average Bonchev–Trinajstić information content (AvgIpc) is 2.35. The Labute approximate surface area is 128 Å². The van der Waals surface area contributed by atoms with Crippen molar-refractivity contribution in [2.75, 3.05) is 0 Å². The van der Waals surface area contributed by atoms with Crippen molar-refractivity contribution in [2.45, 2.75) is 40.5 Å². The Hall–Kier alpha value is -1.42. The summed E-state index contributed by atoms with van der Waals surface area (Å²) >= 11 is 3.41. The highest BCUT2D eigenvalue weighted by molar-refractivity contribution is 9.10. The van der Waals surface area contributed by atoms with Crippen LogP contribution in [0, 0.1) is 20.8 Å². The smallest absolute Gasteiger partial charge is 0.223 e. The van der Waals surface area contributed by atoms with Gasteiger partial charge in [-0.25, -0.2) is 4.98 Å². The van der Waals surface area contributed by atoms with E-state index in [4.69, 9.17) is 4.74 Å². The van der Waals surface area contributed by atoms with Crippen LogP contribution < -0.4 is 4.74 Å². The molecule has 2 aromatic rings. The van der Waals surface area contributed by atoms with E-state index in [1.54, 1.807) is 6.07 Å². The number of ether oxygens (including phenoxy) is 1. The number of hydrogen-bond acceptors (Lipinski definition) is 3. The summed E-state index contributed by atoms with van der Waals surface area (Å²) in [6.45, 7) is 8.33. The molecule has 4 heteroatoms. The lowest BCUT2D eigenvalue weighted by atomic mass is 10.1. The van der Waals surface area contributed by atoms with Crippen molar-refractivity contribution in [1.29, 1.82) is 0 Å². The van der Waals surface area contributed by atoms with E-state index >= 15 is 0 Å². The van der Waals surface area contributed by atoms with Crippen LogP contribution in [0.15, 0.2) is 22.8 Å². The molecule has 0 fully saturated rings. The van der Waals surface area contributed by atoms with Crippen LogP contribution in [0.5, 0.6) is 11.6 Å². The summed E-state index contributed by atoms with van der Waals surface area (Å²) in [6.07, 6.45) is 1.86. The van der Waals surface area contributed by atoms with Crippen molar-refractivity contribution in [3.63, 3.8) is 0 Å². The summed E-state index contributed by atoms with van der Waals surface area (Å²) in [6, 6.07) is 5.99. The van der Waals surface area contributed by atoms with Gasteiger partial charge in [0.05, 0.1) is 0 Å². The van der Waals surface area contributed by atoms with Gasteiger partial charge in [-0.05, 0) is 65.9 Å². The molecule has 0 aliphatic rings. The molecule has 0 aliphatic carbocycles. The van der Waals surface area contributed by atoms with Crippen LogP contribution in [0.25, 0.3) is 0 Å². The molecule has 0 saturated heterocycles. The second kappa shape index (κ2) is 6.35. The zero-order chi connectivity index (χ0) is 14.7. The van der Waals surface area contributed by atoms with E-state index in [9.17, 15) is 0 Å². The van der Waals surface area contributed by atoms with Gasteiger partial charge in [-0.3, -0.25) is 0 Å². The zero-order valence-electron chi connectivity index (χ0n) is 12.3. The molecule has 2 rings (SSSR count). The summed E-state index contributed by atoms with van der Waals surface area (Å²) in [5, 5.41) is 0. The summed E-state index contributed by atoms with van der Waals surface area (Å²) in [5.41, 5.74) is 3.55. The number of aryl methyl sites for hydroxylation is 3.